The van der Waals surface area contributed by atoms with E-state index in [2.05, 4.69) is 10.0 Å². The molecule has 3 N–H and O–H groups in total. The van der Waals surface area contributed by atoms with Crippen LogP contribution in [0.15, 0.2) is 47.4 Å². The second kappa shape index (κ2) is 8.87. The molecule has 1 amide bonds. The third kappa shape index (κ3) is 5.18. The fourth-order valence-electron chi connectivity index (χ4n) is 3.94. The van der Waals surface area contributed by atoms with E-state index in [1.807, 2.05) is 19.9 Å². The molecular weight excluding hydrogens is 404 g/mol. The summed E-state index contributed by atoms with van der Waals surface area (Å²) in [6, 6.07) is 11.3. The van der Waals surface area contributed by atoms with E-state index in [1.54, 1.807) is 12.1 Å². The molecule has 3 rings (SSSR count). The van der Waals surface area contributed by atoms with Gasteiger partial charge in [0.1, 0.15) is 0 Å². The normalized spacial score (nSPS) is 19.1. The third-order valence-electron chi connectivity index (χ3n) is 5.33. The maximum Gasteiger partial charge on any atom is 0.307 e. The molecule has 0 aromatic heterocycles. The van der Waals surface area contributed by atoms with Gasteiger partial charge in [-0.1, -0.05) is 18.9 Å². The molecule has 8 heteroatoms. The van der Waals surface area contributed by atoms with Crippen LogP contribution in [0.4, 0.5) is 11.4 Å². The molecule has 0 bridgehead atoms. The fourth-order valence-corrected chi connectivity index (χ4v) is 4.98. The largest absolute Gasteiger partial charge is 0.481 e. The monoisotopic (exact) mass is 430 g/mol. The van der Waals surface area contributed by atoms with Crippen LogP contribution in [0.25, 0.3) is 0 Å². The van der Waals surface area contributed by atoms with Gasteiger partial charge >= 0.3 is 5.97 Å². The molecule has 1 saturated carbocycles. The average molecular weight is 431 g/mol. The fraction of sp³-hybridized carbons (Fsp3) is 0.364. The van der Waals surface area contributed by atoms with Gasteiger partial charge in [-0.25, -0.2) is 8.42 Å². The molecule has 1 aliphatic rings. The van der Waals surface area contributed by atoms with Crippen LogP contribution < -0.4 is 10.0 Å². The number of anilines is 2. The number of amides is 1. The highest BCUT2D eigenvalue weighted by molar-refractivity contribution is 7.92. The number of sulfonamides is 1. The summed E-state index contributed by atoms with van der Waals surface area (Å²) in [5.41, 5.74) is 2.82. The van der Waals surface area contributed by atoms with Crippen LogP contribution in [0.3, 0.4) is 0 Å². The number of hydrogen-bond acceptors (Lipinski definition) is 4. The van der Waals surface area contributed by atoms with Crippen LogP contribution >= 0.6 is 0 Å². The Bertz CT molecular complexity index is 1030. The molecule has 0 unspecified atom stereocenters. The standard InChI is InChI=1S/C22H26N2O5S/c1-14-11-15(2)13-17(12-14)24-30(28,29)18-9-7-16(8-10-18)23-21(25)19-5-3-4-6-20(19)22(26)27/h7-13,19-20,24H,3-6H2,1-2H3,(H,23,25)(H,26,27)/t19-,20+/m0/s1. The average Bonchev–Trinajstić information content (AvgIpc) is 2.67. The van der Waals surface area contributed by atoms with Gasteiger partial charge in [0, 0.05) is 11.4 Å². The zero-order valence-corrected chi connectivity index (χ0v) is 17.8. The number of aliphatic carboxylic acids is 1. The highest BCUT2D eigenvalue weighted by Gasteiger charge is 2.35. The second-order valence-corrected chi connectivity index (χ2v) is 9.51. The molecule has 30 heavy (non-hydrogen) atoms. The van der Waals surface area contributed by atoms with Gasteiger partial charge in [0.05, 0.1) is 16.7 Å². The Labute approximate surface area is 176 Å². The highest BCUT2D eigenvalue weighted by Crippen LogP contribution is 2.31. The molecule has 7 nitrogen and oxygen atoms in total. The first kappa shape index (κ1) is 21.8. The Morgan fingerprint density at radius 3 is 2.03 bits per heavy atom. The SMILES string of the molecule is Cc1cc(C)cc(NS(=O)(=O)c2ccc(NC(=O)[C@H]3CCCC[C@H]3C(=O)O)cc2)c1. The van der Waals surface area contributed by atoms with Crippen molar-refractivity contribution in [3.05, 3.63) is 53.6 Å². The maximum absolute atomic E-state index is 12.7. The first-order chi connectivity index (χ1) is 14.2. The van der Waals surface area contributed by atoms with E-state index in [0.29, 0.717) is 24.2 Å². The van der Waals surface area contributed by atoms with Gasteiger partial charge in [-0.3, -0.25) is 14.3 Å². The van der Waals surface area contributed by atoms with Crippen molar-refractivity contribution < 1.29 is 23.1 Å². The second-order valence-electron chi connectivity index (χ2n) is 7.83. The molecule has 2 aromatic rings. The van der Waals surface area contributed by atoms with Gasteiger partial charge in [0.15, 0.2) is 0 Å². The van der Waals surface area contributed by atoms with E-state index in [9.17, 15) is 23.1 Å². The van der Waals surface area contributed by atoms with E-state index in [-0.39, 0.29) is 10.8 Å². The van der Waals surface area contributed by atoms with Gasteiger partial charge in [0.25, 0.3) is 10.0 Å². The molecule has 2 aromatic carbocycles. The van der Waals surface area contributed by atoms with Crippen LogP contribution in [-0.4, -0.2) is 25.4 Å². The van der Waals surface area contributed by atoms with E-state index in [0.717, 1.165) is 24.0 Å². The molecule has 1 aliphatic carbocycles. The minimum absolute atomic E-state index is 0.0701. The number of carbonyl (C=O) groups is 2. The Balaban J connectivity index is 1.70. The van der Waals surface area contributed by atoms with Crippen molar-refractivity contribution in [2.75, 3.05) is 10.0 Å². The van der Waals surface area contributed by atoms with Gasteiger partial charge in [-0.05, 0) is 74.2 Å². The van der Waals surface area contributed by atoms with Gasteiger partial charge in [-0.2, -0.15) is 0 Å². The zero-order valence-electron chi connectivity index (χ0n) is 17.0. The number of carbonyl (C=O) groups excluding carboxylic acids is 1. The minimum Gasteiger partial charge on any atom is -0.481 e. The Morgan fingerprint density at radius 1 is 0.900 bits per heavy atom. The van der Waals surface area contributed by atoms with E-state index in [1.165, 1.54) is 24.3 Å². The number of aryl methyl sites for hydroxylation is 2. The quantitative estimate of drug-likeness (QED) is 0.643. The molecule has 0 saturated heterocycles. The topological polar surface area (TPSA) is 113 Å². The van der Waals surface area contributed by atoms with Crippen molar-refractivity contribution in [2.24, 2.45) is 11.8 Å². The van der Waals surface area contributed by atoms with Gasteiger partial charge in [-0.15, -0.1) is 0 Å². The first-order valence-electron chi connectivity index (χ1n) is 9.90. The van der Waals surface area contributed by atoms with Crippen LogP contribution in [0.1, 0.15) is 36.8 Å². The molecule has 160 valence electrons. The summed E-state index contributed by atoms with van der Waals surface area (Å²) in [4.78, 5) is 24.0. The molecule has 0 spiro atoms. The Hall–Kier alpha value is -2.87. The Kier molecular flexibility index (Phi) is 6.45. The lowest BCUT2D eigenvalue weighted by Crippen LogP contribution is -2.36. The van der Waals surface area contributed by atoms with Crippen LogP contribution in [0.2, 0.25) is 0 Å². The summed E-state index contributed by atoms with van der Waals surface area (Å²) in [6.07, 6.45) is 2.66. The predicted molar refractivity (Wildman–Crippen MR) is 115 cm³/mol. The van der Waals surface area contributed by atoms with Crippen molar-refractivity contribution in [1.82, 2.24) is 0 Å². The van der Waals surface area contributed by atoms with E-state index < -0.39 is 27.8 Å². The molecular formula is C22H26N2O5S. The Morgan fingerprint density at radius 2 is 1.47 bits per heavy atom. The summed E-state index contributed by atoms with van der Waals surface area (Å²) in [7, 11) is -3.77. The summed E-state index contributed by atoms with van der Waals surface area (Å²) in [6.45, 7) is 3.78. The van der Waals surface area contributed by atoms with Gasteiger partial charge < -0.3 is 10.4 Å². The predicted octanol–water partition coefficient (Wildman–Crippen LogP) is 3.93. The van der Waals surface area contributed by atoms with Crippen molar-refractivity contribution >= 4 is 33.3 Å². The number of rotatable bonds is 6. The van der Waals surface area contributed by atoms with E-state index >= 15 is 0 Å². The summed E-state index contributed by atoms with van der Waals surface area (Å²) < 4.78 is 27.9. The molecule has 2 atom stereocenters. The number of carboxylic acid groups (broad SMARTS) is 1. The maximum atomic E-state index is 12.7. The highest BCUT2D eigenvalue weighted by atomic mass is 32.2. The number of benzene rings is 2. The van der Waals surface area contributed by atoms with Crippen molar-refractivity contribution in [3.8, 4) is 0 Å². The summed E-state index contributed by atoms with van der Waals surface area (Å²) >= 11 is 0. The van der Waals surface area contributed by atoms with Crippen LogP contribution in [0, 0.1) is 25.7 Å². The lowest BCUT2D eigenvalue weighted by Gasteiger charge is -2.27. The zero-order chi connectivity index (χ0) is 21.9. The smallest absolute Gasteiger partial charge is 0.307 e. The van der Waals surface area contributed by atoms with Crippen LogP contribution in [-0.2, 0) is 19.6 Å². The third-order valence-corrected chi connectivity index (χ3v) is 6.72. The number of carboxylic acids is 1. The number of hydrogen-bond donors (Lipinski definition) is 3. The van der Waals surface area contributed by atoms with Crippen molar-refractivity contribution in [2.45, 2.75) is 44.4 Å². The first-order valence-corrected chi connectivity index (χ1v) is 11.4. The van der Waals surface area contributed by atoms with E-state index in [4.69, 9.17) is 0 Å². The summed E-state index contributed by atoms with van der Waals surface area (Å²) in [5.74, 6) is -2.55. The van der Waals surface area contributed by atoms with Gasteiger partial charge in [0.2, 0.25) is 5.91 Å². The molecule has 1 fully saturated rings. The lowest BCUT2D eigenvalue weighted by molar-refractivity contribution is -0.147. The molecule has 0 aliphatic heterocycles. The minimum atomic E-state index is -3.77. The number of nitrogens with one attached hydrogen (secondary N) is 2. The lowest BCUT2D eigenvalue weighted by atomic mass is 9.78. The van der Waals surface area contributed by atoms with Crippen molar-refractivity contribution in [3.63, 3.8) is 0 Å². The van der Waals surface area contributed by atoms with Crippen molar-refractivity contribution in [1.29, 1.82) is 0 Å². The molecule has 0 heterocycles. The summed E-state index contributed by atoms with van der Waals surface area (Å²) in [5, 5.41) is 12.1. The van der Waals surface area contributed by atoms with Crippen LogP contribution in [0.5, 0.6) is 0 Å². The molecule has 0 radical (unpaired) electrons.